The standard InChI is InChI=1S/C13H19N/c1-10-4-5-12(11(2)8-10)9-14-13(3)6-7-13/h4-5,8,14H,6-7,9H2,1-3H3. The minimum Gasteiger partial charge on any atom is -0.307 e. The first kappa shape index (κ1) is 9.72. The Morgan fingerprint density at radius 3 is 2.57 bits per heavy atom. The number of aryl methyl sites for hydroxylation is 2. The van der Waals surface area contributed by atoms with E-state index in [1.54, 1.807) is 0 Å². The summed E-state index contributed by atoms with van der Waals surface area (Å²) in [7, 11) is 0. The molecule has 0 unspecified atom stereocenters. The van der Waals surface area contributed by atoms with Crippen LogP contribution in [0.2, 0.25) is 0 Å². The van der Waals surface area contributed by atoms with Crippen molar-refractivity contribution in [3.05, 3.63) is 34.9 Å². The van der Waals surface area contributed by atoms with Crippen molar-refractivity contribution in [2.75, 3.05) is 0 Å². The molecular weight excluding hydrogens is 170 g/mol. The lowest BCUT2D eigenvalue weighted by Crippen LogP contribution is -2.27. The Balaban J connectivity index is 2.02. The van der Waals surface area contributed by atoms with Crippen LogP contribution in [0.3, 0.4) is 0 Å². The molecule has 1 saturated carbocycles. The molecule has 0 bridgehead atoms. The first-order valence-corrected chi connectivity index (χ1v) is 5.40. The van der Waals surface area contributed by atoms with Crippen molar-refractivity contribution < 1.29 is 0 Å². The summed E-state index contributed by atoms with van der Waals surface area (Å²) in [5, 5.41) is 3.61. The summed E-state index contributed by atoms with van der Waals surface area (Å²) in [6.45, 7) is 7.66. The van der Waals surface area contributed by atoms with Crippen LogP contribution in [0.1, 0.15) is 36.5 Å². The Bertz CT molecular complexity index is 337. The fraction of sp³-hybridized carbons (Fsp3) is 0.538. The third kappa shape index (κ3) is 2.16. The van der Waals surface area contributed by atoms with Gasteiger partial charge in [0.05, 0.1) is 0 Å². The second-order valence-corrected chi connectivity index (χ2v) is 4.84. The molecule has 0 aromatic heterocycles. The summed E-state index contributed by atoms with van der Waals surface area (Å²) in [6, 6.07) is 6.69. The van der Waals surface area contributed by atoms with Gasteiger partial charge in [-0.1, -0.05) is 23.8 Å². The third-order valence-corrected chi connectivity index (χ3v) is 3.20. The van der Waals surface area contributed by atoms with Gasteiger partial charge in [0.25, 0.3) is 0 Å². The molecule has 1 aromatic carbocycles. The molecule has 1 aliphatic carbocycles. The van der Waals surface area contributed by atoms with E-state index in [1.165, 1.54) is 29.5 Å². The molecule has 0 amide bonds. The molecule has 1 aromatic rings. The monoisotopic (exact) mass is 189 g/mol. The second-order valence-electron chi connectivity index (χ2n) is 4.84. The van der Waals surface area contributed by atoms with Gasteiger partial charge in [-0.2, -0.15) is 0 Å². The van der Waals surface area contributed by atoms with E-state index in [4.69, 9.17) is 0 Å². The molecule has 1 aliphatic rings. The molecule has 1 nitrogen and oxygen atoms in total. The van der Waals surface area contributed by atoms with Crippen LogP contribution in [0, 0.1) is 13.8 Å². The predicted molar refractivity (Wildman–Crippen MR) is 60.4 cm³/mol. The van der Waals surface area contributed by atoms with Crippen LogP contribution in [0.25, 0.3) is 0 Å². The molecule has 0 radical (unpaired) electrons. The third-order valence-electron chi connectivity index (χ3n) is 3.20. The molecule has 1 fully saturated rings. The molecule has 0 aliphatic heterocycles. The number of rotatable bonds is 3. The zero-order valence-corrected chi connectivity index (χ0v) is 9.35. The van der Waals surface area contributed by atoms with Crippen molar-refractivity contribution in [1.82, 2.24) is 5.32 Å². The Labute approximate surface area is 86.5 Å². The molecule has 1 N–H and O–H groups in total. The molecular formula is C13H19N. The molecule has 0 spiro atoms. The van der Waals surface area contributed by atoms with Gasteiger partial charge in [0, 0.05) is 12.1 Å². The molecule has 76 valence electrons. The normalized spacial score (nSPS) is 18.2. The van der Waals surface area contributed by atoms with Crippen LogP contribution in [0.5, 0.6) is 0 Å². The molecule has 1 heteroatoms. The van der Waals surface area contributed by atoms with Gasteiger partial charge >= 0.3 is 0 Å². The summed E-state index contributed by atoms with van der Waals surface area (Å²) in [6.07, 6.45) is 2.66. The summed E-state index contributed by atoms with van der Waals surface area (Å²) in [5.41, 5.74) is 4.63. The number of benzene rings is 1. The Morgan fingerprint density at radius 2 is 2.00 bits per heavy atom. The van der Waals surface area contributed by atoms with Gasteiger partial charge in [0.1, 0.15) is 0 Å². The highest BCUT2D eigenvalue weighted by atomic mass is 15.0. The maximum atomic E-state index is 3.61. The van der Waals surface area contributed by atoms with E-state index in [9.17, 15) is 0 Å². The van der Waals surface area contributed by atoms with Crippen molar-refractivity contribution in [2.45, 2.75) is 45.7 Å². The van der Waals surface area contributed by atoms with Crippen LogP contribution < -0.4 is 5.32 Å². The highest BCUT2D eigenvalue weighted by Gasteiger charge is 2.36. The molecule has 14 heavy (non-hydrogen) atoms. The first-order valence-electron chi connectivity index (χ1n) is 5.40. The average Bonchev–Trinajstić information content (AvgIpc) is 2.83. The lowest BCUT2D eigenvalue weighted by Gasteiger charge is -2.13. The summed E-state index contributed by atoms with van der Waals surface area (Å²) in [4.78, 5) is 0. The Hall–Kier alpha value is -0.820. The van der Waals surface area contributed by atoms with E-state index in [2.05, 4.69) is 44.3 Å². The maximum absolute atomic E-state index is 3.61. The Morgan fingerprint density at radius 1 is 1.29 bits per heavy atom. The lowest BCUT2D eigenvalue weighted by atomic mass is 10.1. The van der Waals surface area contributed by atoms with Crippen molar-refractivity contribution in [2.24, 2.45) is 0 Å². The van der Waals surface area contributed by atoms with Crippen molar-refractivity contribution in [3.8, 4) is 0 Å². The molecule has 2 rings (SSSR count). The van der Waals surface area contributed by atoms with E-state index >= 15 is 0 Å². The van der Waals surface area contributed by atoms with E-state index in [0.29, 0.717) is 5.54 Å². The van der Waals surface area contributed by atoms with Crippen molar-refractivity contribution >= 4 is 0 Å². The SMILES string of the molecule is Cc1ccc(CNC2(C)CC2)c(C)c1. The number of hydrogen-bond acceptors (Lipinski definition) is 1. The zero-order valence-electron chi connectivity index (χ0n) is 9.35. The van der Waals surface area contributed by atoms with E-state index in [0.717, 1.165) is 6.54 Å². The molecule has 0 heterocycles. The van der Waals surface area contributed by atoms with Crippen molar-refractivity contribution in [3.63, 3.8) is 0 Å². The largest absolute Gasteiger partial charge is 0.307 e. The van der Waals surface area contributed by atoms with E-state index in [-0.39, 0.29) is 0 Å². The van der Waals surface area contributed by atoms with Crippen LogP contribution in [-0.4, -0.2) is 5.54 Å². The van der Waals surface area contributed by atoms with Gasteiger partial charge in [-0.05, 0) is 44.7 Å². The minimum absolute atomic E-state index is 0.442. The minimum atomic E-state index is 0.442. The van der Waals surface area contributed by atoms with Crippen molar-refractivity contribution in [1.29, 1.82) is 0 Å². The molecule has 0 saturated heterocycles. The maximum Gasteiger partial charge on any atom is 0.0213 e. The average molecular weight is 189 g/mol. The Kier molecular flexibility index (Phi) is 2.36. The van der Waals surface area contributed by atoms with Crippen LogP contribution >= 0.6 is 0 Å². The van der Waals surface area contributed by atoms with Crippen LogP contribution in [0.4, 0.5) is 0 Å². The zero-order chi connectivity index (χ0) is 10.2. The van der Waals surface area contributed by atoms with Gasteiger partial charge in [-0.3, -0.25) is 0 Å². The van der Waals surface area contributed by atoms with Crippen LogP contribution in [0.15, 0.2) is 18.2 Å². The van der Waals surface area contributed by atoms with Gasteiger partial charge < -0.3 is 5.32 Å². The fourth-order valence-electron chi connectivity index (χ4n) is 1.72. The predicted octanol–water partition coefficient (Wildman–Crippen LogP) is 2.95. The van der Waals surface area contributed by atoms with Gasteiger partial charge in [-0.25, -0.2) is 0 Å². The summed E-state index contributed by atoms with van der Waals surface area (Å²) >= 11 is 0. The fourth-order valence-corrected chi connectivity index (χ4v) is 1.72. The highest BCUT2D eigenvalue weighted by molar-refractivity contribution is 5.30. The number of hydrogen-bond donors (Lipinski definition) is 1. The van der Waals surface area contributed by atoms with Gasteiger partial charge in [0.2, 0.25) is 0 Å². The number of nitrogens with one attached hydrogen (secondary N) is 1. The second kappa shape index (κ2) is 3.39. The topological polar surface area (TPSA) is 12.0 Å². The summed E-state index contributed by atoms with van der Waals surface area (Å²) in [5.74, 6) is 0. The highest BCUT2D eigenvalue weighted by Crippen LogP contribution is 2.34. The quantitative estimate of drug-likeness (QED) is 0.771. The smallest absolute Gasteiger partial charge is 0.0213 e. The van der Waals surface area contributed by atoms with Gasteiger partial charge in [-0.15, -0.1) is 0 Å². The van der Waals surface area contributed by atoms with Crippen LogP contribution in [-0.2, 0) is 6.54 Å². The lowest BCUT2D eigenvalue weighted by molar-refractivity contribution is 0.536. The molecule has 0 atom stereocenters. The van der Waals surface area contributed by atoms with E-state index < -0.39 is 0 Å². The first-order chi connectivity index (χ1) is 6.59. The summed E-state index contributed by atoms with van der Waals surface area (Å²) < 4.78 is 0. The van der Waals surface area contributed by atoms with E-state index in [1.807, 2.05) is 0 Å². The van der Waals surface area contributed by atoms with Gasteiger partial charge in [0.15, 0.2) is 0 Å².